The highest BCUT2D eigenvalue weighted by Gasteiger charge is 2.29. The van der Waals surface area contributed by atoms with Gasteiger partial charge in [-0.15, -0.1) is 0 Å². The van der Waals surface area contributed by atoms with Crippen molar-refractivity contribution in [2.75, 3.05) is 25.3 Å². The van der Waals surface area contributed by atoms with E-state index in [1.807, 2.05) is 18.2 Å². The zero-order valence-electron chi connectivity index (χ0n) is 18.0. The maximum Gasteiger partial charge on any atom is 0.266 e. The van der Waals surface area contributed by atoms with Crippen LogP contribution < -0.4 is 19.1 Å². The summed E-state index contributed by atoms with van der Waals surface area (Å²) in [7, 11) is 1.51. The molecule has 0 spiro atoms. The molecular formula is C24H23ClN2O5. The second kappa shape index (κ2) is 8.68. The van der Waals surface area contributed by atoms with E-state index in [9.17, 15) is 9.90 Å². The molecule has 1 aliphatic heterocycles. The lowest BCUT2D eigenvalue weighted by Gasteiger charge is -2.29. The van der Waals surface area contributed by atoms with Crippen LogP contribution in [0.25, 0.3) is 11.3 Å². The molecule has 0 fully saturated rings. The minimum absolute atomic E-state index is 0.0326. The van der Waals surface area contributed by atoms with Crippen molar-refractivity contribution in [2.45, 2.75) is 19.4 Å². The van der Waals surface area contributed by atoms with Gasteiger partial charge in [-0.1, -0.05) is 29.8 Å². The van der Waals surface area contributed by atoms with Crippen LogP contribution in [0.1, 0.15) is 24.2 Å². The van der Waals surface area contributed by atoms with Gasteiger partial charge >= 0.3 is 0 Å². The number of hydrogen-bond donors (Lipinski definition) is 1. The number of methoxy groups -OCH3 is 1. The molecule has 0 unspecified atom stereocenters. The van der Waals surface area contributed by atoms with Gasteiger partial charge < -0.3 is 19.3 Å². The van der Waals surface area contributed by atoms with Crippen LogP contribution >= 0.6 is 11.6 Å². The van der Waals surface area contributed by atoms with Gasteiger partial charge in [-0.25, -0.2) is 0 Å². The molecule has 32 heavy (non-hydrogen) atoms. The number of carbonyl (C=O) groups is 1. The van der Waals surface area contributed by atoms with E-state index < -0.39 is 5.60 Å². The van der Waals surface area contributed by atoms with E-state index in [1.54, 1.807) is 44.2 Å². The lowest BCUT2D eigenvalue weighted by atomic mass is 10.1. The minimum Gasteiger partial charge on any atom is -0.493 e. The van der Waals surface area contributed by atoms with Crippen LogP contribution in [0.15, 0.2) is 54.7 Å². The first-order valence-corrected chi connectivity index (χ1v) is 10.4. The van der Waals surface area contributed by atoms with Crippen LogP contribution in [0.3, 0.4) is 0 Å². The zero-order valence-corrected chi connectivity index (χ0v) is 18.7. The van der Waals surface area contributed by atoms with Gasteiger partial charge in [-0.2, -0.15) is 0 Å². The Kier molecular flexibility index (Phi) is 5.95. The number of fused-ring (bicyclic) bond motifs is 1. The third-order valence-electron chi connectivity index (χ3n) is 4.88. The average molecular weight is 455 g/mol. The molecule has 2 aromatic carbocycles. The number of carbonyl (C=O) groups excluding carboxylic acids is 1. The van der Waals surface area contributed by atoms with Crippen molar-refractivity contribution in [2.24, 2.45) is 0 Å². The summed E-state index contributed by atoms with van der Waals surface area (Å²) in [4.78, 5) is 19.1. The Balaban J connectivity index is 1.59. The molecule has 166 valence electrons. The van der Waals surface area contributed by atoms with E-state index in [0.29, 0.717) is 39.2 Å². The maximum atomic E-state index is 13.1. The summed E-state index contributed by atoms with van der Waals surface area (Å²) in [6.45, 7) is 3.44. The van der Waals surface area contributed by atoms with E-state index in [0.717, 1.165) is 5.56 Å². The molecule has 8 heteroatoms. The molecule has 1 N–H and O–H groups in total. The normalized spacial score (nSPS) is 13.4. The second-order valence-corrected chi connectivity index (χ2v) is 8.40. The predicted molar refractivity (Wildman–Crippen MR) is 122 cm³/mol. The van der Waals surface area contributed by atoms with E-state index in [1.165, 1.54) is 18.2 Å². The number of anilines is 1. The van der Waals surface area contributed by atoms with Gasteiger partial charge in [-0.05, 0) is 32.0 Å². The van der Waals surface area contributed by atoms with Crippen molar-refractivity contribution in [1.29, 1.82) is 0 Å². The molecule has 1 aromatic heterocycles. The Morgan fingerprint density at radius 1 is 1.16 bits per heavy atom. The highest BCUT2D eigenvalue weighted by atomic mass is 35.5. The SMILES string of the molecule is COc1cc(N2COc3cc(-c4ccccc4Cl)ncc3C2=O)ccc1OCC(C)(C)O. The first-order valence-electron chi connectivity index (χ1n) is 9.99. The smallest absolute Gasteiger partial charge is 0.266 e. The van der Waals surface area contributed by atoms with Crippen LogP contribution in [-0.2, 0) is 0 Å². The first kappa shape index (κ1) is 21.9. The molecule has 1 aliphatic rings. The molecular weight excluding hydrogens is 432 g/mol. The van der Waals surface area contributed by atoms with Crippen molar-refractivity contribution in [3.05, 3.63) is 65.3 Å². The summed E-state index contributed by atoms with van der Waals surface area (Å²) in [6.07, 6.45) is 1.50. The zero-order chi connectivity index (χ0) is 22.9. The van der Waals surface area contributed by atoms with E-state index in [4.69, 9.17) is 25.8 Å². The Hall–Kier alpha value is -3.29. The van der Waals surface area contributed by atoms with Gasteiger partial charge in [0.15, 0.2) is 18.2 Å². The number of ether oxygens (including phenoxy) is 3. The Morgan fingerprint density at radius 3 is 2.66 bits per heavy atom. The summed E-state index contributed by atoms with van der Waals surface area (Å²) in [5.41, 5.74) is 1.35. The molecule has 0 saturated heterocycles. The van der Waals surface area contributed by atoms with Gasteiger partial charge in [0, 0.05) is 28.9 Å². The number of aliphatic hydroxyl groups is 1. The third kappa shape index (κ3) is 4.49. The molecule has 7 nitrogen and oxygen atoms in total. The van der Waals surface area contributed by atoms with Crippen molar-refractivity contribution in [3.8, 4) is 28.5 Å². The molecule has 2 heterocycles. The number of amides is 1. The number of benzene rings is 2. The molecule has 0 radical (unpaired) electrons. The first-order chi connectivity index (χ1) is 15.3. The molecule has 0 saturated carbocycles. The minimum atomic E-state index is -0.986. The molecule has 0 atom stereocenters. The van der Waals surface area contributed by atoms with E-state index >= 15 is 0 Å². The summed E-state index contributed by atoms with van der Waals surface area (Å²) in [5, 5.41) is 10.5. The number of halogens is 1. The fraction of sp³-hybridized carbons (Fsp3) is 0.250. The highest BCUT2D eigenvalue weighted by Crippen LogP contribution is 2.36. The summed E-state index contributed by atoms with van der Waals surface area (Å²) in [5.74, 6) is 1.12. The average Bonchev–Trinajstić information content (AvgIpc) is 2.77. The fourth-order valence-corrected chi connectivity index (χ4v) is 3.49. The summed E-state index contributed by atoms with van der Waals surface area (Å²) < 4.78 is 16.9. The number of pyridine rings is 1. The Labute approximate surface area is 191 Å². The van der Waals surface area contributed by atoms with Crippen LogP contribution in [0.2, 0.25) is 5.02 Å². The molecule has 1 amide bonds. The monoisotopic (exact) mass is 454 g/mol. The third-order valence-corrected chi connectivity index (χ3v) is 5.21. The van der Waals surface area contributed by atoms with Gasteiger partial charge in [0.1, 0.15) is 17.9 Å². The van der Waals surface area contributed by atoms with E-state index in [2.05, 4.69) is 4.98 Å². The Bertz CT molecular complexity index is 1160. The van der Waals surface area contributed by atoms with Crippen molar-refractivity contribution in [1.82, 2.24) is 4.98 Å². The van der Waals surface area contributed by atoms with Gasteiger partial charge in [0.05, 0.1) is 24.1 Å². The van der Waals surface area contributed by atoms with Gasteiger partial charge in [0.2, 0.25) is 0 Å². The molecule has 0 aliphatic carbocycles. The van der Waals surface area contributed by atoms with Crippen LogP contribution in [0.4, 0.5) is 5.69 Å². The van der Waals surface area contributed by atoms with E-state index in [-0.39, 0.29) is 19.2 Å². The molecule has 3 aromatic rings. The van der Waals surface area contributed by atoms with Crippen LogP contribution in [0.5, 0.6) is 17.2 Å². The number of hydrogen-bond acceptors (Lipinski definition) is 6. The van der Waals surface area contributed by atoms with Crippen LogP contribution in [0, 0.1) is 0 Å². The number of nitrogens with zero attached hydrogens (tertiary/aromatic N) is 2. The standard InChI is InChI=1S/C24H23ClN2O5/c1-24(2,29)13-31-20-9-8-15(10-22(20)30-3)27-14-32-21-11-19(26-12-17(21)23(27)28)16-6-4-5-7-18(16)25/h4-12,29H,13-14H2,1-3H3. The van der Waals surface area contributed by atoms with Gasteiger partial charge in [0.25, 0.3) is 5.91 Å². The quantitative estimate of drug-likeness (QED) is 0.588. The lowest BCUT2D eigenvalue weighted by Crippen LogP contribution is -2.38. The predicted octanol–water partition coefficient (Wildman–Crippen LogP) is 4.56. The largest absolute Gasteiger partial charge is 0.493 e. The molecule has 0 bridgehead atoms. The number of aromatic nitrogens is 1. The second-order valence-electron chi connectivity index (χ2n) is 7.99. The summed E-state index contributed by atoms with van der Waals surface area (Å²) in [6, 6.07) is 14.2. The van der Waals surface area contributed by atoms with Crippen LogP contribution in [-0.4, -0.2) is 42.0 Å². The van der Waals surface area contributed by atoms with Gasteiger partial charge in [-0.3, -0.25) is 14.7 Å². The summed E-state index contributed by atoms with van der Waals surface area (Å²) >= 11 is 6.27. The lowest BCUT2D eigenvalue weighted by molar-refractivity contribution is 0.0276. The highest BCUT2D eigenvalue weighted by molar-refractivity contribution is 6.33. The van der Waals surface area contributed by atoms with Crippen molar-refractivity contribution in [3.63, 3.8) is 0 Å². The Morgan fingerprint density at radius 2 is 1.94 bits per heavy atom. The molecule has 4 rings (SSSR count). The maximum absolute atomic E-state index is 13.1. The van der Waals surface area contributed by atoms with Crippen molar-refractivity contribution >= 4 is 23.2 Å². The topological polar surface area (TPSA) is 81.1 Å². The van der Waals surface area contributed by atoms with Crippen molar-refractivity contribution < 1.29 is 24.1 Å². The number of rotatable bonds is 6. The fourth-order valence-electron chi connectivity index (χ4n) is 3.26.